The third kappa shape index (κ3) is 20.4. The molecule has 5 rings (SSSR count). The number of nitrogens with one attached hydrogen (secondary N) is 4. The summed E-state index contributed by atoms with van der Waals surface area (Å²) in [7, 11) is -4.21. The van der Waals surface area contributed by atoms with Crippen LogP contribution in [0.25, 0.3) is 11.2 Å². The molecule has 422 valence electrons. The van der Waals surface area contributed by atoms with E-state index in [0.29, 0.717) is 45.8 Å². The summed E-state index contributed by atoms with van der Waals surface area (Å²) in [6, 6.07) is 7.20. The number of phosphoric ester groups is 1. The summed E-state index contributed by atoms with van der Waals surface area (Å²) in [5.41, 5.74) is 10.0. The van der Waals surface area contributed by atoms with Crippen LogP contribution < -0.4 is 42.4 Å². The Bertz CT molecular complexity index is 2860. The van der Waals surface area contributed by atoms with Crippen LogP contribution in [-0.4, -0.2) is 149 Å². The second-order valence-corrected chi connectivity index (χ2v) is 18.5. The molecule has 2 aromatic carbocycles. The number of rotatable bonds is 31. The van der Waals surface area contributed by atoms with E-state index in [0.717, 1.165) is 11.0 Å². The lowest BCUT2D eigenvalue weighted by atomic mass is 10.1. The molecule has 2 aromatic heterocycles. The zero-order valence-corrected chi connectivity index (χ0v) is 43.0. The van der Waals surface area contributed by atoms with E-state index in [2.05, 4.69) is 35.9 Å². The first-order valence-corrected chi connectivity index (χ1v) is 25.5. The van der Waals surface area contributed by atoms with Crippen molar-refractivity contribution < 1.29 is 90.4 Å². The molecule has 4 amide bonds. The van der Waals surface area contributed by atoms with Gasteiger partial charge in [-0.3, -0.25) is 47.7 Å². The van der Waals surface area contributed by atoms with E-state index in [9.17, 15) is 52.8 Å². The first-order chi connectivity index (χ1) is 37.3. The molecule has 2 atom stereocenters. The van der Waals surface area contributed by atoms with Crippen LogP contribution in [0.4, 0.5) is 16.4 Å². The number of aromatic amines is 1. The summed E-state index contributed by atoms with van der Waals surface area (Å²) >= 11 is 0. The molecule has 30 nitrogen and oxygen atoms in total. The Morgan fingerprint density at radius 2 is 1.59 bits per heavy atom. The van der Waals surface area contributed by atoms with Crippen molar-refractivity contribution in [3.05, 3.63) is 81.4 Å². The van der Waals surface area contributed by atoms with Crippen LogP contribution in [0.15, 0.2) is 53.5 Å². The van der Waals surface area contributed by atoms with E-state index in [1.54, 1.807) is 6.92 Å². The van der Waals surface area contributed by atoms with E-state index in [4.69, 9.17) is 53.8 Å². The smallest absolute Gasteiger partial charge is 0.481 e. The largest absolute Gasteiger partial charge is 0.530 e. The number of aromatic nitrogens is 4. The molecule has 0 bridgehead atoms. The van der Waals surface area contributed by atoms with Gasteiger partial charge in [0.25, 0.3) is 11.5 Å². The molecule has 1 saturated heterocycles. The highest BCUT2D eigenvalue weighted by molar-refractivity contribution is 7.49. The van der Waals surface area contributed by atoms with Crippen LogP contribution in [-0.2, 0) is 74.4 Å². The minimum absolute atomic E-state index is 0.0182. The number of carboxylic acid groups (broad SMARTS) is 2. The predicted molar refractivity (Wildman–Crippen MR) is 268 cm³/mol. The highest BCUT2D eigenvalue weighted by Crippen LogP contribution is 2.52. The minimum Gasteiger partial charge on any atom is -0.481 e. The van der Waals surface area contributed by atoms with Gasteiger partial charge in [-0.15, -0.1) is 0 Å². The molecule has 31 heteroatoms. The average Bonchev–Trinajstić information content (AvgIpc) is 3.40. The molecule has 2 unspecified atom stereocenters. The van der Waals surface area contributed by atoms with Crippen LogP contribution in [0, 0.1) is 0 Å². The summed E-state index contributed by atoms with van der Waals surface area (Å²) in [5.74, 6) is -6.83. The van der Waals surface area contributed by atoms with Crippen LogP contribution in [0.5, 0.6) is 5.75 Å². The van der Waals surface area contributed by atoms with Gasteiger partial charge in [-0.25, -0.2) is 28.9 Å². The molecule has 0 aliphatic carbocycles. The quantitative estimate of drug-likeness (QED) is 0.0153. The topological polar surface area (TPSA) is 431 Å². The Morgan fingerprint density at radius 1 is 0.872 bits per heavy atom. The first-order valence-electron chi connectivity index (χ1n) is 24.1. The van der Waals surface area contributed by atoms with E-state index in [-0.39, 0.29) is 96.3 Å². The number of nitrogen functional groups attached to an aromatic ring is 1. The van der Waals surface area contributed by atoms with Gasteiger partial charge in [-0.1, -0.05) is 6.07 Å². The number of hydrogen-bond donors (Lipinski definition) is 8. The predicted octanol–water partition coefficient (Wildman–Crippen LogP) is 1.44. The van der Waals surface area contributed by atoms with Crippen molar-refractivity contribution in [2.75, 3.05) is 70.2 Å². The van der Waals surface area contributed by atoms with Gasteiger partial charge >= 0.3 is 37.8 Å². The molecule has 0 radical (unpaired) electrons. The maximum absolute atomic E-state index is 14.0. The lowest BCUT2D eigenvalue weighted by Gasteiger charge is -2.24. The molecule has 10 N–H and O–H groups in total. The Kier molecular flexibility index (Phi) is 23.8. The number of amides is 4. The molecule has 3 heterocycles. The van der Waals surface area contributed by atoms with E-state index >= 15 is 0 Å². The second-order valence-electron chi connectivity index (χ2n) is 16.9. The zero-order valence-electron chi connectivity index (χ0n) is 42.1. The Morgan fingerprint density at radius 3 is 2.29 bits per heavy atom. The van der Waals surface area contributed by atoms with Gasteiger partial charge in [0.1, 0.15) is 24.0 Å². The van der Waals surface area contributed by atoms with Crippen molar-refractivity contribution >= 4 is 78.3 Å². The number of carbonyl (C=O) groups excluding carboxylic acids is 6. The van der Waals surface area contributed by atoms with Crippen LogP contribution in [0.1, 0.15) is 83.8 Å². The minimum atomic E-state index is -4.21. The Balaban J connectivity index is 1.21. The number of carboxylic acids is 2. The SMILES string of the molecule is CC(N)CC(=O)NCCOCCOCCCNC(=O)CCC(NC(=O)c1ccc(N(Cc2cnc3nc(N)[nH]c(=O)c3n2)C(=O)OCc2ccc(OP3(=O)OCCCO3)c(C(=O)OCOC(=O)CCC(=O)O)c2)cc1)C(=O)O. The average molecular weight is 1120 g/mol. The highest BCUT2D eigenvalue weighted by atomic mass is 31.2. The number of carbonyl (C=O) groups is 8. The molecule has 1 aliphatic rings. The molecule has 4 aromatic rings. The van der Waals surface area contributed by atoms with Crippen molar-refractivity contribution in [2.24, 2.45) is 5.73 Å². The van der Waals surface area contributed by atoms with Crippen molar-refractivity contribution in [3.63, 3.8) is 0 Å². The Labute approximate surface area is 443 Å². The molecule has 1 aliphatic heterocycles. The number of fused-ring (bicyclic) bond motifs is 1. The normalized spacial score (nSPS) is 13.5. The van der Waals surface area contributed by atoms with Gasteiger partial charge in [-0.05, 0) is 68.1 Å². The number of hydrogen-bond acceptors (Lipinski definition) is 23. The number of anilines is 2. The van der Waals surface area contributed by atoms with Gasteiger partial charge in [0, 0.05) is 49.8 Å². The maximum Gasteiger partial charge on any atom is 0.530 e. The Hall–Kier alpha value is -8.15. The molecule has 1 fully saturated rings. The van der Waals surface area contributed by atoms with Gasteiger partial charge in [-0.2, -0.15) is 4.98 Å². The molecular weight excluding hydrogens is 1060 g/mol. The van der Waals surface area contributed by atoms with Gasteiger partial charge in [0.15, 0.2) is 11.2 Å². The standard InChI is InChI=1S/C47H59N10O20P/c1-28(48)22-37(59)51-15-19-71-21-20-70-16-2-14-50-36(58)11-9-34(44(65)66)54-42(63)30-5-7-32(8-6-30)57(25-31-24-52-41-40(53-31)43(64)56-46(49)55-41)47(68)72-26-29-4-10-35(77-78(69)75-17-3-18-76-78)33(23-29)45(67)74-27-73-39(62)13-12-38(60)61/h4-8,10,23-24,28,34H,2-3,9,11-22,25-27,48H2,1H3,(H,50,58)(H,51,59)(H,54,63)(H,60,61)(H,65,66)(H3,49,52,55,56,64). The monoisotopic (exact) mass is 1110 g/mol. The number of nitrogens with two attached hydrogens (primary N) is 2. The molecule has 0 spiro atoms. The summed E-state index contributed by atoms with van der Waals surface area (Å²) in [6.45, 7) is 1.63. The summed E-state index contributed by atoms with van der Waals surface area (Å²) in [6.07, 6.45) is -0.284. The number of H-pyrrole nitrogens is 1. The molecule has 0 saturated carbocycles. The fourth-order valence-corrected chi connectivity index (χ4v) is 8.02. The fourth-order valence-electron chi connectivity index (χ4n) is 6.74. The lowest BCUT2D eigenvalue weighted by molar-refractivity contribution is -0.154. The maximum atomic E-state index is 14.0. The van der Waals surface area contributed by atoms with Gasteiger partial charge in [0.05, 0.1) is 64.3 Å². The number of esters is 2. The number of benzene rings is 2. The highest BCUT2D eigenvalue weighted by Gasteiger charge is 2.34. The van der Waals surface area contributed by atoms with Crippen LogP contribution in [0.3, 0.4) is 0 Å². The third-order valence-electron chi connectivity index (χ3n) is 10.5. The van der Waals surface area contributed by atoms with Crippen LogP contribution in [0.2, 0.25) is 0 Å². The summed E-state index contributed by atoms with van der Waals surface area (Å²) in [4.78, 5) is 128. The van der Waals surface area contributed by atoms with E-state index in [1.807, 2.05) is 0 Å². The summed E-state index contributed by atoms with van der Waals surface area (Å²) in [5, 5.41) is 26.5. The van der Waals surface area contributed by atoms with Gasteiger partial charge < -0.3 is 65.8 Å². The zero-order chi connectivity index (χ0) is 56.6. The van der Waals surface area contributed by atoms with E-state index < -0.39 is 99.6 Å². The van der Waals surface area contributed by atoms with Gasteiger partial charge in [0.2, 0.25) is 24.6 Å². The number of nitrogens with zero attached hydrogens (tertiary/aromatic N) is 4. The van der Waals surface area contributed by atoms with Crippen LogP contribution >= 0.6 is 7.82 Å². The molecular formula is C47H59N10O20P. The number of aliphatic carboxylic acids is 2. The molecule has 78 heavy (non-hydrogen) atoms. The number of phosphoric acid groups is 1. The fraction of sp³-hybridized carbons (Fsp3) is 0.447. The summed E-state index contributed by atoms with van der Waals surface area (Å²) < 4.78 is 55.3. The van der Waals surface area contributed by atoms with E-state index in [1.165, 1.54) is 42.6 Å². The lowest BCUT2D eigenvalue weighted by Crippen LogP contribution is -2.41. The second kappa shape index (κ2) is 30.6. The first kappa shape index (κ1) is 60.7. The van der Waals surface area contributed by atoms with Crippen molar-refractivity contribution in [1.82, 2.24) is 35.9 Å². The van der Waals surface area contributed by atoms with Crippen molar-refractivity contribution in [3.8, 4) is 5.75 Å². The van der Waals surface area contributed by atoms with Crippen molar-refractivity contribution in [2.45, 2.75) is 77.1 Å². The number of ether oxygens (including phenoxy) is 5. The van der Waals surface area contributed by atoms with Crippen molar-refractivity contribution in [1.29, 1.82) is 0 Å². The third-order valence-corrected chi connectivity index (χ3v) is 12.0.